The van der Waals surface area contributed by atoms with E-state index in [1.54, 1.807) is 10.9 Å². The van der Waals surface area contributed by atoms with Gasteiger partial charge < -0.3 is 5.32 Å². The van der Waals surface area contributed by atoms with Gasteiger partial charge in [-0.25, -0.2) is 9.97 Å². The number of hydrogen-bond donors (Lipinski definition) is 1. The molecule has 5 heteroatoms. The Balaban J connectivity index is 2.22. The number of aryl methyl sites for hydroxylation is 1. The van der Waals surface area contributed by atoms with E-state index < -0.39 is 0 Å². The highest BCUT2D eigenvalue weighted by Gasteiger charge is 2.04. The minimum absolute atomic E-state index is 0.654. The van der Waals surface area contributed by atoms with Crippen molar-refractivity contribution in [2.24, 2.45) is 7.05 Å². The molecule has 0 fully saturated rings. The minimum atomic E-state index is 0.654. The van der Waals surface area contributed by atoms with E-state index in [9.17, 15) is 0 Å². The largest absolute Gasteiger partial charge is 0.370 e. The third-order valence-corrected chi connectivity index (χ3v) is 2.15. The quantitative estimate of drug-likeness (QED) is 0.846. The van der Waals surface area contributed by atoms with E-state index in [0.717, 1.165) is 24.5 Å². The molecule has 0 aliphatic rings. The van der Waals surface area contributed by atoms with Gasteiger partial charge in [-0.05, 0) is 18.6 Å². The van der Waals surface area contributed by atoms with Crippen LogP contribution in [0.4, 0.5) is 5.82 Å². The van der Waals surface area contributed by atoms with Gasteiger partial charge in [0.1, 0.15) is 11.5 Å². The molecule has 16 heavy (non-hydrogen) atoms. The Morgan fingerprint density at radius 1 is 1.38 bits per heavy atom. The maximum atomic E-state index is 4.40. The van der Waals surface area contributed by atoms with Gasteiger partial charge >= 0.3 is 0 Å². The molecule has 2 aromatic rings. The maximum absolute atomic E-state index is 4.40. The van der Waals surface area contributed by atoms with Gasteiger partial charge in [0.25, 0.3) is 0 Å². The molecule has 0 aromatic carbocycles. The highest BCUT2D eigenvalue weighted by Crippen LogP contribution is 2.13. The molecule has 2 rings (SSSR count). The van der Waals surface area contributed by atoms with E-state index in [0.29, 0.717) is 5.82 Å². The monoisotopic (exact) mass is 217 g/mol. The van der Waals surface area contributed by atoms with E-state index in [4.69, 9.17) is 0 Å². The van der Waals surface area contributed by atoms with E-state index in [-0.39, 0.29) is 0 Å². The number of nitrogens with one attached hydrogen (secondary N) is 1. The van der Waals surface area contributed by atoms with E-state index in [1.807, 2.05) is 25.4 Å². The number of hydrogen-bond acceptors (Lipinski definition) is 4. The van der Waals surface area contributed by atoms with Crippen molar-refractivity contribution in [3.05, 3.63) is 24.5 Å². The third kappa shape index (κ3) is 2.36. The minimum Gasteiger partial charge on any atom is -0.370 e. The topological polar surface area (TPSA) is 55.6 Å². The first kappa shape index (κ1) is 10.6. The average Bonchev–Trinajstić information content (AvgIpc) is 2.74. The molecule has 0 radical (unpaired) electrons. The zero-order valence-electron chi connectivity index (χ0n) is 9.51. The second-order valence-corrected chi connectivity index (χ2v) is 3.57. The van der Waals surface area contributed by atoms with Gasteiger partial charge in [-0.15, -0.1) is 0 Å². The lowest BCUT2D eigenvalue weighted by Crippen LogP contribution is -2.03. The number of anilines is 1. The second-order valence-electron chi connectivity index (χ2n) is 3.57. The second kappa shape index (κ2) is 4.74. The van der Waals surface area contributed by atoms with Gasteiger partial charge in [-0.2, -0.15) is 5.10 Å². The molecule has 5 nitrogen and oxygen atoms in total. The smallest absolute Gasteiger partial charge is 0.182 e. The van der Waals surface area contributed by atoms with E-state index in [2.05, 4.69) is 27.3 Å². The normalized spacial score (nSPS) is 10.4. The summed E-state index contributed by atoms with van der Waals surface area (Å²) in [6, 6.07) is 3.76. The summed E-state index contributed by atoms with van der Waals surface area (Å²) in [4.78, 5) is 8.60. The molecule has 84 valence electrons. The van der Waals surface area contributed by atoms with Crippen molar-refractivity contribution in [3.8, 4) is 11.5 Å². The van der Waals surface area contributed by atoms with Crippen molar-refractivity contribution in [1.82, 2.24) is 19.7 Å². The fourth-order valence-electron chi connectivity index (χ4n) is 1.37. The standard InChI is InChI=1S/C11H15N5/c1-3-6-12-10-4-7-13-11(14-10)9-5-8-16(2)15-9/h4-5,7-8H,3,6H2,1-2H3,(H,12,13,14). The molecule has 0 amide bonds. The van der Waals surface area contributed by atoms with Crippen LogP contribution in [0.3, 0.4) is 0 Å². The van der Waals surface area contributed by atoms with Crippen LogP contribution in [0.25, 0.3) is 11.5 Å². The SMILES string of the molecule is CCCNc1ccnc(-c2ccn(C)n2)n1. The van der Waals surface area contributed by atoms with Crippen molar-refractivity contribution in [2.75, 3.05) is 11.9 Å². The van der Waals surface area contributed by atoms with Crippen LogP contribution in [0.2, 0.25) is 0 Å². The summed E-state index contributed by atoms with van der Waals surface area (Å²) in [6.07, 6.45) is 4.70. The summed E-state index contributed by atoms with van der Waals surface area (Å²) in [5, 5.41) is 7.49. The first-order valence-electron chi connectivity index (χ1n) is 5.36. The lowest BCUT2D eigenvalue weighted by molar-refractivity contribution is 0.768. The summed E-state index contributed by atoms with van der Waals surface area (Å²) in [6.45, 7) is 3.03. The molecule has 0 spiro atoms. The predicted molar refractivity (Wildman–Crippen MR) is 63.0 cm³/mol. The Labute approximate surface area is 94.5 Å². The van der Waals surface area contributed by atoms with Crippen molar-refractivity contribution in [1.29, 1.82) is 0 Å². The number of nitrogens with zero attached hydrogens (tertiary/aromatic N) is 4. The molecule has 0 aliphatic heterocycles. The fraction of sp³-hybridized carbons (Fsp3) is 0.364. The highest BCUT2D eigenvalue weighted by atomic mass is 15.3. The van der Waals surface area contributed by atoms with Crippen LogP contribution in [-0.2, 0) is 7.05 Å². The summed E-state index contributed by atoms with van der Waals surface area (Å²) in [5.41, 5.74) is 0.794. The van der Waals surface area contributed by atoms with Crippen LogP contribution >= 0.6 is 0 Å². The molecule has 0 atom stereocenters. The average molecular weight is 217 g/mol. The molecular weight excluding hydrogens is 202 g/mol. The summed E-state index contributed by atoms with van der Waals surface area (Å²) in [7, 11) is 1.88. The number of aromatic nitrogens is 4. The van der Waals surface area contributed by atoms with Crippen LogP contribution in [0.1, 0.15) is 13.3 Å². The lowest BCUT2D eigenvalue weighted by atomic mass is 10.4. The summed E-state index contributed by atoms with van der Waals surface area (Å²) in [5.74, 6) is 1.50. The highest BCUT2D eigenvalue weighted by molar-refractivity contribution is 5.51. The third-order valence-electron chi connectivity index (χ3n) is 2.15. The van der Waals surface area contributed by atoms with Gasteiger partial charge in [-0.1, -0.05) is 6.92 Å². The first-order chi connectivity index (χ1) is 7.79. The van der Waals surface area contributed by atoms with E-state index >= 15 is 0 Å². The van der Waals surface area contributed by atoms with E-state index in [1.165, 1.54) is 0 Å². The molecule has 0 saturated heterocycles. The molecule has 0 saturated carbocycles. The van der Waals surface area contributed by atoms with Crippen LogP contribution in [0, 0.1) is 0 Å². The van der Waals surface area contributed by atoms with Gasteiger partial charge in [0.05, 0.1) is 0 Å². The van der Waals surface area contributed by atoms with Crippen LogP contribution in [0.15, 0.2) is 24.5 Å². The maximum Gasteiger partial charge on any atom is 0.182 e. The summed E-state index contributed by atoms with van der Waals surface area (Å²) < 4.78 is 1.74. The van der Waals surface area contributed by atoms with Gasteiger partial charge in [-0.3, -0.25) is 4.68 Å². The molecule has 0 bridgehead atoms. The van der Waals surface area contributed by atoms with Crippen molar-refractivity contribution < 1.29 is 0 Å². The zero-order chi connectivity index (χ0) is 11.4. The van der Waals surface area contributed by atoms with Crippen molar-refractivity contribution >= 4 is 5.82 Å². The first-order valence-corrected chi connectivity index (χ1v) is 5.36. The van der Waals surface area contributed by atoms with Crippen molar-refractivity contribution in [3.63, 3.8) is 0 Å². The van der Waals surface area contributed by atoms with Gasteiger partial charge in [0.15, 0.2) is 5.82 Å². The Kier molecular flexibility index (Phi) is 3.14. The lowest BCUT2D eigenvalue weighted by Gasteiger charge is -2.03. The molecule has 0 aliphatic carbocycles. The molecule has 2 heterocycles. The fourth-order valence-corrected chi connectivity index (χ4v) is 1.37. The Hall–Kier alpha value is -1.91. The zero-order valence-corrected chi connectivity index (χ0v) is 9.51. The molecular formula is C11H15N5. The Morgan fingerprint density at radius 2 is 2.25 bits per heavy atom. The summed E-state index contributed by atoms with van der Waals surface area (Å²) >= 11 is 0. The molecule has 0 unspecified atom stereocenters. The molecule has 1 N–H and O–H groups in total. The van der Waals surface area contributed by atoms with Crippen LogP contribution < -0.4 is 5.32 Å². The Morgan fingerprint density at radius 3 is 2.94 bits per heavy atom. The van der Waals surface area contributed by atoms with Crippen LogP contribution in [0.5, 0.6) is 0 Å². The predicted octanol–water partition coefficient (Wildman–Crippen LogP) is 1.70. The van der Waals surface area contributed by atoms with Crippen molar-refractivity contribution in [2.45, 2.75) is 13.3 Å². The van der Waals surface area contributed by atoms with Gasteiger partial charge in [0, 0.05) is 26.0 Å². The Bertz CT molecular complexity index is 463. The number of rotatable bonds is 4. The molecule has 2 aromatic heterocycles. The van der Waals surface area contributed by atoms with Gasteiger partial charge in [0.2, 0.25) is 0 Å². The van der Waals surface area contributed by atoms with Crippen LogP contribution in [-0.4, -0.2) is 26.3 Å².